The summed E-state index contributed by atoms with van der Waals surface area (Å²) in [4.78, 5) is 0. The van der Waals surface area contributed by atoms with Crippen LogP contribution in [0, 0.1) is 5.82 Å². The third kappa shape index (κ3) is 3.14. The molecule has 0 saturated heterocycles. The third-order valence-corrected chi connectivity index (χ3v) is 3.42. The van der Waals surface area contributed by atoms with Gasteiger partial charge in [-0.15, -0.1) is 0 Å². The Balaban J connectivity index is 2.27. The predicted octanol–water partition coefficient (Wildman–Crippen LogP) is 4.95. The molecule has 1 unspecified atom stereocenters. The molecular weight excluding hydrogens is 237 g/mol. The maximum absolute atomic E-state index is 13.9. The van der Waals surface area contributed by atoms with Crippen LogP contribution < -0.4 is 5.32 Å². The van der Waals surface area contributed by atoms with Crippen molar-refractivity contribution >= 4 is 5.69 Å². The first-order valence-corrected chi connectivity index (χ1v) is 6.85. The number of hydrogen-bond donors (Lipinski definition) is 1. The summed E-state index contributed by atoms with van der Waals surface area (Å²) in [5, 5.41) is 3.47. The number of aryl methyl sites for hydroxylation is 1. The highest BCUT2D eigenvalue weighted by Crippen LogP contribution is 2.26. The number of nitrogens with one attached hydrogen (secondary N) is 1. The average molecular weight is 257 g/mol. The summed E-state index contributed by atoms with van der Waals surface area (Å²) in [5.41, 5.74) is 3.09. The molecule has 2 aromatic rings. The first-order valence-electron chi connectivity index (χ1n) is 6.85. The quantitative estimate of drug-likeness (QED) is 0.799. The number of para-hydroxylation sites is 1. The zero-order chi connectivity index (χ0) is 13.7. The van der Waals surface area contributed by atoms with Gasteiger partial charge in [0, 0.05) is 11.3 Å². The minimum absolute atomic E-state index is 0.00824. The Morgan fingerprint density at radius 2 is 1.68 bits per heavy atom. The number of anilines is 1. The van der Waals surface area contributed by atoms with Crippen molar-refractivity contribution in [1.82, 2.24) is 0 Å². The second kappa shape index (κ2) is 6.37. The van der Waals surface area contributed by atoms with E-state index < -0.39 is 0 Å². The molecule has 2 heteroatoms. The van der Waals surface area contributed by atoms with Crippen molar-refractivity contribution in [3.8, 4) is 0 Å². The first-order chi connectivity index (χ1) is 9.26. The summed E-state index contributed by atoms with van der Waals surface area (Å²) in [6.45, 7) is 4.20. The van der Waals surface area contributed by atoms with Crippen molar-refractivity contribution in [2.24, 2.45) is 0 Å². The van der Waals surface area contributed by atoms with E-state index in [9.17, 15) is 4.39 Å². The van der Waals surface area contributed by atoms with E-state index >= 15 is 0 Å². The van der Waals surface area contributed by atoms with Crippen molar-refractivity contribution in [3.63, 3.8) is 0 Å². The molecular formula is C17H20FN. The van der Waals surface area contributed by atoms with Gasteiger partial charge in [0.25, 0.3) is 0 Å². The van der Waals surface area contributed by atoms with E-state index in [1.54, 1.807) is 6.07 Å². The molecule has 0 aromatic heterocycles. The zero-order valence-electron chi connectivity index (χ0n) is 11.5. The molecule has 0 heterocycles. The topological polar surface area (TPSA) is 12.0 Å². The van der Waals surface area contributed by atoms with Crippen LogP contribution in [0.25, 0.3) is 0 Å². The van der Waals surface area contributed by atoms with Crippen LogP contribution in [0.2, 0.25) is 0 Å². The molecule has 2 aromatic carbocycles. The van der Waals surface area contributed by atoms with Crippen LogP contribution >= 0.6 is 0 Å². The van der Waals surface area contributed by atoms with E-state index in [2.05, 4.69) is 31.3 Å². The van der Waals surface area contributed by atoms with E-state index in [1.807, 2.05) is 24.3 Å². The highest BCUT2D eigenvalue weighted by Gasteiger charge is 2.14. The van der Waals surface area contributed by atoms with Gasteiger partial charge >= 0.3 is 0 Å². The molecule has 1 nitrogen and oxygen atoms in total. The fraction of sp³-hybridized carbons (Fsp3) is 0.294. The predicted molar refractivity (Wildman–Crippen MR) is 78.9 cm³/mol. The molecule has 0 radical (unpaired) electrons. The Bertz CT molecular complexity index is 536. The number of halogens is 1. The summed E-state index contributed by atoms with van der Waals surface area (Å²) in [5.74, 6) is -0.143. The molecule has 0 aliphatic carbocycles. The van der Waals surface area contributed by atoms with Gasteiger partial charge in [0.2, 0.25) is 0 Å². The molecule has 0 saturated carbocycles. The van der Waals surface area contributed by atoms with Gasteiger partial charge in [0.15, 0.2) is 0 Å². The summed E-state index contributed by atoms with van der Waals surface area (Å²) in [6.07, 6.45) is 1.82. The molecule has 0 amide bonds. The maximum atomic E-state index is 13.9. The van der Waals surface area contributed by atoms with Gasteiger partial charge in [-0.25, -0.2) is 4.39 Å². The molecule has 1 N–H and O–H groups in total. The molecule has 19 heavy (non-hydrogen) atoms. The van der Waals surface area contributed by atoms with Crippen LogP contribution in [0.5, 0.6) is 0 Å². The van der Waals surface area contributed by atoms with Crippen molar-refractivity contribution < 1.29 is 4.39 Å². The van der Waals surface area contributed by atoms with Crippen molar-refractivity contribution in [2.75, 3.05) is 5.32 Å². The smallest absolute Gasteiger partial charge is 0.128 e. The Morgan fingerprint density at radius 1 is 1.00 bits per heavy atom. The SMILES string of the molecule is CCc1ccccc1NC(CC)c1ccccc1F. The van der Waals surface area contributed by atoms with Crippen molar-refractivity contribution in [3.05, 3.63) is 65.5 Å². The Morgan fingerprint density at radius 3 is 2.37 bits per heavy atom. The Kier molecular flexibility index (Phi) is 4.56. The second-order valence-electron chi connectivity index (χ2n) is 4.64. The van der Waals surface area contributed by atoms with E-state index in [-0.39, 0.29) is 11.9 Å². The summed E-state index contributed by atoms with van der Waals surface area (Å²) >= 11 is 0. The maximum Gasteiger partial charge on any atom is 0.128 e. The van der Waals surface area contributed by atoms with Gasteiger partial charge in [-0.05, 0) is 30.5 Å². The van der Waals surface area contributed by atoms with Gasteiger partial charge in [0.1, 0.15) is 5.82 Å². The third-order valence-electron chi connectivity index (χ3n) is 3.42. The fourth-order valence-corrected chi connectivity index (χ4v) is 2.31. The van der Waals surface area contributed by atoms with Crippen LogP contribution in [0.4, 0.5) is 10.1 Å². The summed E-state index contributed by atoms with van der Waals surface area (Å²) in [6, 6.07) is 15.2. The van der Waals surface area contributed by atoms with Crippen LogP contribution in [-0.4, -0.2) is 0 Å². The molecule has 0 aliphatic rings. The second-order valence-corrected chi connectivity index (χ2v) is 4.64. The van der Waals surface area contributed by atoms with Crippen molar-refractivity contribution in [1.29, 1.82) is 0 Å². The normalized spacial score (nSPS) is 12.2. The summed E-state index contributed by atoms with van der Waals surface area (Å²) in [7, 11) is 0. The van der Waals surface area contributed by atoms with E-state index in [0.717, 1.165) is 24.1 Å². The molecule has 0 aliphatic heterocycles. The molecule has 1 atom stereocenters. The summed E-state index contributed by atoms with van der Waals surface area (Å²) < 4.78 is 13.9. The van der Waals surface area contributed by atoms with Gasteiger partial charge in [-0.2, -0.15) is 0 Å². The zero-order valence-corrected chi connectivity index (χ0v) is 11.5. The monoisotopic (exact) mass is 257 g/mol. The molecule has 2 rings (SSSR count). The van der Waals surface area contributed by atoms with Gasteiger partial charge in [-0.3, -0.25) is 0 Å². The van der Waals surface area contributed by atoms with E-state index in [0.29, 0.717) is 0 Å². The van der Waals surface area contributed by atoms with Crippen LogP contribution in [-0.2, 0) is 6.42 Å². The molecule has 0 bridgehead atoms. The standard InChI is InChI=1S/C17H20FN/c1-3-13-9-5-8-12-17(13)19-16(4-2)14-10-6-7-11-15(14)18/h5-12,16,19H,3-4H2,1-2H3. The van der Waals surface area contributed by atoms with Crippen LogP contribution in [0.3, 0.4) is 0 Å². The van der Waals surface area contributed by atoms with E-state index in [4.69, 9.17) is 0 Å². The van der Waals surface area contributed by atoms with Crippen LogP contribution in [0.15, 0.2) is 48.5 Å². The minimum atomic E-state index is -0.143. The van der Waals surface area contributed by atoms with Gasteiger partial charge < -0.3 is 5.32 Å². The first kappa shape index (κ1) is 13.6. The lowest BCUT2D eigenvalue weighted by atomic mass is 10.0. The van der Waals surface area contributed by atoms with Gasteiger partial charge in [0.05, 0.1) is 6.04 Å². The molecule has 0 spiro atoms. The lowest BCUT2D eigenvalue weighted by Gasteiger charge is -2.21. The number of hydrogen-bond acceptors (Lipinski definition) is 1. The number of rotatable bonds is 5. The van der Waals surface area contributed by atoms with Crippen molar-refractivity contribution in [2.45, 2.75) is 32.7 Å². The highest BCUT2D eigenvalue weighted by molar-refractivity contribution is 5.52. The Hall–Kier alpha value is -1.83. The van der Waals surface area contributed by atoms with E-state index in [1.165, 1.54) is 11.6 Å². The Labute approximate surface area is 114 Å². The lowest BCUT2D eigenvalue weighted by Crippen LogP contribution is -2.12. The van der Waals surface area contributed by atoms with Crippen LogP contribution in [0.1, 0.15) is 37.4 Å². The fourth-order valence-electron chi connectivity index (χ4n) is 2.31. The number of benzene rings is 2. The molecule has 0 fully saturated rings. The highest BCUT2D eigenvalue weighted by atomic mass is 19.1. The average Bonchev–Trinajstić information content (AvgIpc) is 2.46. The molecule has 100 valence electrons. The lowest BCUT2D eigenvalue weighted by molar-refractivity contribution is 0.587. The van der Waals surface area contributed by atoms with Gasteiger partial charge in [-0.1, -0.05) is 50.2 Å². The largest absolute Gasteiger partial charge is 0.378 e. The minimum Gasteiger partial charge on any atom is -0.378 e.